The van der Waals surface area contributed by atoms with E-state index in [1.807, 2.05) is 0 Å². The summed E-state index contributed by atoms with van der Waals surface area (Å²) in [6, 6.07) is 0. The van der Waals surface area contributed by atoms with Crippen molar-refractivity contribution in [3.63, 3.8) is 0 Å². The minimum absolute atomic E-state index is 0.00164. The summed E-state index contributed by atoms with van der Waals surface area (Å²) in [5.41, 5.74) is -0.357. The highest BCUT2D eigenvalue weighted by Gasteiger charge is 2.47. The van der Waals surface area contributed by atoms with Crippen molar-refractivity contribution >= 4 is 11.9 Å². The number of hydrogen-bond donors (Lipinski definition) is 2. The molecular weight excluding hydrogens is 404 g/mol. The number of carbonyl (C=O) groups is 2. The number of nitrogens with one attached hydrogen (secondary N) is 2. The van der Waals surface area contributed by atoms with Crippen LogP contribution < -0.4 is 10.6 Å². The summed E-state index contributed by atoms with van der Waals surface area (Å²) in [6.07, 6.45) is 8.47. The number of unbranched alkanes of at least 4 members (excludes halogenated alkanes) is 5. The molecule has 2 saturated heterocycles. The van der Waals surface area contributed by atoms with Crippen LogP contribution in [0.1, 0.15) is 120 Å². The average molecular weight is 453 g/mol. The molecule has 2 aliphatic heterocycles. The lowest BCUT2D eigenvalue weighted by molar-refractivity contribution is -0.152. The van der Waals surface area contributed by atoms with Crippen LogP contribution in [0, 0.1) is 0 Å². The van der Waals surface area contributed by atoms with E-state index >= 15 is 0 Å². The van der Waals surface area contributed by atoms with Crippen LogP contribution in [0.2, 0.25) is 0 Å². The second kappa shape index (κ2) is 10.4. The van der Waals surface area contributed by atoms with Gasteiger partial charge in [-0.2, -0.15) is 0 Å². The Balaban J connectivity index is 1.50. The fourth-order valence-electron chi connectivity index (χ4n) is 5.50. The predicted octanol–water partition coefficient (Wildman–Crippen LogP) is 5.03. The van der Waals surface area contributed by atoms with Crippen molar-refractivity contribution in [3.8, 4) is 0 Å². The zero-order valence-corrected chi connectivity index (χ0v) is 21.9. The lowest BCUT2D eigenvalue weighted by Crippen LogP contribution is -2.47. The molecule has 2 atom stereocenters. The number of ether oxygens (including phenoxy) is 2. The van der Waals surface area contributed by atoms with E-state index in [4.69, 9.17) is 9.47 Å². The fraction of sp³-hybridized carbons (Fsp3) is 0.923. The van der Waals surface area contributed by atoms with Crippen molar-refractivity contribution in [2.75, 3.05) is 0 Å². The van der Waals surface area contributed by atoms with Crippen molar-refractivity contribution in [1.82, 2.24) is 10.6 Å². The Labute approximate surface area is 196 Å². The first-order valence-corrected chi connectivity index (χ1v) is 12.6. The van der Waals surface area contributed by atoms with Gasteiger partial charge in [-0.25, -0.2) is 0 Å². The van der Waals surface area contributed by atoms with Gasteiger partial charge in [-0.15, -0.1) is 0 Å². The van der Waals surface area contributed by atoms with Crippen LogP contribution in [0.25, 0.3) is 0 Å². The molecule has 0 aromatic heterocycles. The molecule has 2 heterocycles. The van der Waals surface area contributed by atoms with Gasteiger partial charge in [0.15, 0.2) is 0 Å². The minimum Gasteiger partial charge on any atom is -0.460 e. The smallest absolute Gasteiger partial charge is 0.306 e. The van der Waals surface area contributed by atoms with Gasteiger partial charge in [-0.1, -0.05) is 25.7 Å². The van der Waals surface area contributed by atoms with Gasteiger partial charge in [-0.05, 0) is 68.2 Å². The summed E-state index contributed by atoms with van der Waals surface area (Å²) in [5.74, 6) is -0.171. The maximum absolute atomic E-state index is 12.2. The highest BCUT2D eigenvalue weighted by Crippen LogP contribution is 2.34. The number of esters is 2. The molecule has 32 heavy (non-hydrogen) atoms. The summed E-state index contributed by atoms with van der Waals surface area (Å²) < 4.78 is 11.5. The lowest BCUT2D eigenvalue weighted by atomic mass is 9.97. The summed E-state index contributed by atoms with van der Waals surface area (Å²) in [6.45, 7) is 17.0. The zero-order chi connectivity index (χ0) is 24.2. The Kier molecular flexibility index (Phi) is 8.82. The predicted molar refractivity (Wildman–Crippen MR) is 129 cm³/mol. The minimum atomic E-state index is -0.180. The Morgan fingerprint density at radius 3 is 1.22 bits per heavy atom. The molecule has 186 valence electrons. The van der Waals surface area contributed by atoms with Gasteiger partial charge < -0.3 is 20.1 Å². The third kappa shape index (κ3) is 8.33. The number of rotatable bonds is 11. The van der Waals surface area contributed by atoms with E-state index in [1.54, 1.807) is 0 Å². The largest absolute Gasteiger partial charge is 0.460 e. The monoisotopic (exact) mass is 452 g/mol. The highest BCUT2D eigenvalue weighted by atomic mass is 16.5. The van der Waals surface area contributed by atoms with Gasteiger partial charge in [0, 0.05) is 36.8 Å². The topological polar surface area (TPSA) is 76.7 Å². The SMILES string of the molecule is CC1(C)CC(OC(=O)CCCCCCCCC(=O)OC2CC(C)(C)NC2(C)C)C(C)(C)N1. The van der Waals surface area contributed by atoms with Crippen molar-refractivity contribution in [2.24, 2.45) is 0 Å². The average Bonchev–Trinajstić information content (AvgIpc) is 2.94. The molecule has 0 saturated carbocycles. The van der Waals surface area contributed by atoms with E-state index in [2.05, 4.69) is 66.0 Å². The van der Waals surface area contributed by atoms with E-state index in [9.17, 15) is 9.59 Å². The normalized spacial score (nSPS) is 27.2. The maximum atomic E-state index is 12.2. The van der Waals surface area contributed by atoms with Crippen LogP contribution in [0.4, 0.5) is 0 Å². The maximum Gasteiger partial charge on any atom is 0.306 e. The van der Waals surface area contributed by atoms with E-state index in [-0.39, 0.29) is 46.3 Å². The molecule has 0 spiro atoms. The van der Waals surface area contributed by atoms with Crippen LogP contribution >= 0.6 is 0 Å². The molecule has 2 rings (SSSR count). The molecule has 0 amide bonds. The first kappa shape index (κ1) is 27.1. The zero-order valence-electron chi connectivity index (χ0n) is 21.9. The summed E-state index contributed by atoms with van der Waals surface area (Å²) in [7, 11) is 0. The van der Waals surface area contributed by atoms with Gasteiger partial charge in [-0.3, -0.25) is 9.59 Å². The molecule has 2 unspecified atom stereocenters. The van der Waals surface area contributed by atoms with E-state index in [0.29, 0.717) is 12.8 Å². The van der Waals surface area contributed by atoms with Gasteiger partial charge in [0.2, 0.25) is 0 Å². The molecule has 0 radical (unpaired) electrons. The second-order valence-electron chi connectivity index (χ2n) is 12.4. The third-order valence-corrected chi connectivity index (χ3v) is 6.88. The quantitative estimate of drug-likeness (QED) is 0.338. The van der Waals surface area contributed by atoms with Crippen LogP contribution in [-0.2, 0) is 19.1 Å². The Bertz CT molecular complexity index is 598. The Hall–Kier alpha value is -1.14. The van der Waals surface area contributed by atoms with Gasteiger partial charge in [0.25, 0.3) is 0 Å². The molecule has 0 aromatic rings. The molecule has 2 N–H and O–H groups in total. The first-order chi connectivity index (χ1) is 14.6. The van der Waals surface area contributed by atoms with Crippen LogP contribution in [0.5, 0.6) is 0 Å². The number of hydrogen-bond acceptors (Lipinski definition) is 6. The highest BCUT2D eigenvalue weighted by molar-refractivity contribution is 5.70. The fourth-order valence-corrected chi connectivity index (χ4v) is 5.50. The first-order valence-electron chi connectivity index (χ1n) is 12.6. The summed E-state index contributed by atoms with van der Waals surface area (Å²) >= 11 is 0. The molecule has 0 bridgehead atoms. The van der Waals surface area contributed by atoms with Crippen molar-refractivity contribution in [1.29, 1.82) is 0 Å². The van der Waals surface area contributed by atoms with E-state index in [1.165, 1.54) is 0 Å². The molecule has 0 aliphatic carbocycles. The Morgan fingerprint density at radius 2 is 0.938 bits per heavy atom. The van der Waals surface area contributed by atoms with Gasteiger partial charge >= 0.3 is 11.9 Å². The molecule has 6 nitrogen and oxygen atoms in total. The van der Waals surface area contributed by atoms with Crippen LogP contribution in [0.15, 0.2) is 0 Å². The van der Waals surface area contributed by atoms with Crippen molar-refractivity contribution in [2.45, 2.75) is 154 Å². The van der Waals surface area contributed by atoms with Crippen molar-refractivity contribution < 1.29 is 19.1 Å². The van der Waals surface area contributed by atoms with Gasteiger partial charge in [0.05, 0.1) is 11.1 Å². The van der Waals surface area contributed by atoms with E-state index < -0.39 is 0 Å². The molecule has 2 aliphatic rings. The molecule has 2 fully saturated rings. The molecule has 6 heteroatoms. The Morgan fingerprint density at radius 1 is 0.625 bits per heavy atom. The molecular formula is C26H48N2O4. The lowest BCUT2D eigenvalue weighted by Gasteiger charge is -2.28. The van der Waals surface area contributed by atoms with Crippen molar-refractivity contribution in [3.05, 3.63) is 0 Å². The van der Waals surface area contributed by atoms with Crippen LogP contribution in [-0.4, -0.2) is 46.3 Å². The second-order valence-corrected chi connectivity index (χ2v) is 12.4. The van der Waals surface area contributed by atoms with Crippen LogP contribution in [0.3, 0.4) is 0 Å². The van der Waals surface area contributed by atoms with E-state index in [0.717, 1.165) is 51.4 Å². The number of carbonyl (C=O) groups excluding carboxylic acids is 2. The molecule has 0 aromatic carbocycles. The van der Waals surface area contributed by atoms with Gasteiger partial charge in [0.1, 0.15) is 12.2 Å². The summed E-state index contributed by atoms with van der Waals surface area (Å²) in [4.78, 5) is 24.5. The standard InChI is InChI=1S/C26H48N2O4/c1-23(2)17-19(25(5,6)27-23)31-21(29)15-13-11-9-10-12-14-16-22(30)32-20-18-24(3,4)28-26(20,7)8/h19-20,27-28H,9-18H2,1-8H3. The summed E-state index contributed by atoms with van der Waals surface area (Å²) in [5, 5.41) is 7.09. The third-order valence-electron chi connectivity index (χ3n) is 6.88.